The van der Waals surface area contributed by atoms with Crippen molar-refractivity contribution in [1.82, 2.24) is 0 Å². The molecule has 0 aliphatic carbocycles. The van der Waals surface area contributed by atoms with Crippen LogP contribution in [0.25, 0.3) is 0 Å². The molecule has 0 aliphatic rings. The first-order valence-corrected chi connectivity index (χ1v) is 5.74. The molecule has 0 saturated carbocycles. The van der Waals surface area contributed by atoms with Crippen LogP contribution >= 0.6 is 0 Å². The number of benzene rings is 1. The van der Waals surface area contributed by atoms with Crippen LogP contribution in [-0.4, -0.2) is 6.54 Å². The Morgan fingerprint density at radius 3 is 2.33 bits per heavy atom. The Labute approximate surface area is 93.7 Å². The number of aryl methyl sites for hydroxylation is 1. The summed E-state index contributed by atoms with van der Waals surface area (Å²) in [5, 5.41) is 0. The van der Waals surface area contributed by atoms with Gasteiger partial charge in [0, 0.05) is 0 Å². The van der Waals surface area contributed by atoms with Crippen molar-refractivity contribution < 1.29 is 0 Å². The fourth-order valence-corrected chi connectivity index (χ4v) is 1.76. The van der Waals surface area contributed by atoms with Gasteiger partial charge in [0.05, 0.1) is 0 Å². The van der Waals surface area contributed by atoms with Crippen LogP contribution in [0.5, 0.6) is 0 Å². The Morgan fingerprint density at radius 2 is 1.87 bits per heavy atom. The number of hydrogen-bond acceptors (Lipinski definition) is 1. The van der Waals surface area contributed by atoms with Gasteiger partial charge in [-0.05, 0) is 42.3 Å². The van der Waals surface area contributed by atoms with E-state index in [-0.39, 0.29) is 5.41 Å². The maximum atomic E-state index is 5.91. The lowest BCUT2D eigenvalue weighted by Crippen LogP contribution is -2.34. The molecular formula is C14H23N. The van der Waals surface area contributed by atoms with Gasteiger partial charge >= 0.3 is 0 Å². The van der Waals surface area contributed by atoms with Crippen LogP contribution in [0.15, 0.2) is 24.3 Å². The van der Waals surface area contributed by atoms with E-state index in [9.17, 15) is 0 Å². The summed E-state index contributed by atoms with van der Waals surface area (Å²) < 4.78 is 0. The predicted octanol–water partition coefficient (Wildman–Crippen LogP) is 3.16. The van der Waals surface area contributed by atoms with Crippen molar-refractivity contribution in [2.75, 3.05) is 6.54 Å². The average Bonchev–Trinajstić information content (AvgIpc) is 2.21. The molecule has 1 rings (SSSR count). The molecule has 0 fully saturated rings. The highest BCUT2D eigenvalue weighted by atomic mass is 14.6. The van der Waals surface area contributed by atoms with E-state index in [1.807, 2.05) is 0 Å². The second kappa shape index (κ2) is 4.80. The van der Waals surface area contributed by atoms with Crippen LogP contribution in [0.4, 0.5) is 0 Å². The maximum Gasteiger partial charge on any atom is -0.00175 e. The first-order valence-electron chi connectivity index (χ1n) is 5.74. The van der Waals surface area contributed by atoms with Crippen LogP contribution in [0.3, 0.4) is 0 Å². The summed E-state index contributed by atoms with van der Waals surface area (Å²) >= 11 is 0. The molecule has 84 valence electrons. The highest BCUT2D eigenvalue weighted by molar-refractivity contribution is 5.26. The van der Waals surface area contributed by atoms with Crippen molar-refractivity contribution >= 4 is 0 Å². The Morgan fingerprint density at radius 1 is 1.27 bits per heavy atom. The Kier molecular flexibility index (Phi) is 3.92. The third kappa shape index (κ3) is 2.82. The molecule has 0 aliphatic heterocycles. The van der Waals surface area contributed by atoms with Crippen LogP contribution in [-0.2, 0) is 6.42 Å². The van der Waals surface area contributed by atoms with Gasteiger partial charge in [-0.1, -0.05) is 45.0 Å². The Hall–Kier alpha value is -0.820. The zero-order chi connectivity index (χ0) is 11.5. The van der Waals surface area contributed by atoms with Crippen LogP contribution < -0.4 is 5.73 Å². The molecule has 1 heteroatoms. The predicted molar refractivity (Wildman–Crippen MR) is 66.9 cm³/mol. The molecule has 0 heterocycles. The average molecular weight is 205 g/mol. The molecule has 0 spiro atoms. The van der Waals surface area contributed by atoms with E-state index in [1.165, 1.54) is 11.1 Å². The second-order valence-corrected chi connectivity index (χ2v) is 5.12. The quantitative estimate of drug-likeness (QED) is 0.803. The number of rotatable bonds is 4. The van der Waals surface area contributed by atoms with E-state index in [1.54, 1.807) is 0 Å². The van der Waals surface area contributed by atoms with E-state index in [0.29, 0.717) is 5.92 Å². The monoisotopic (exact) mass is 205 g/mol. The lowest BCUT2D eigenvalue weighted by Gasteiger charge is -2.33. The van der Waals surface area contributed by atoms with Crippen LogP contribution in [0.1, 0.15) is 31.9 Å². The second-order valence-electron chi connectivity index (χ2n) is 5.12. The van der Waals surface area contributed by atoms with Gasteiger partial charge in [-0.15, -0.1) is 0 Å². The van der Waals surface area contributed by atoms with Gasteiger partial charge in [0.1, 0.15) is 0 Å². The first-order chi connectivity index (χ1) is 6.99. The third-order valence-corrected chi connectivity index (χ3v) is 3.72. The van der Waals surface area contributed by atoms with Gasteiger partial charge in [-0.3, -0.25) is 0 Å². The molecule has 1 unspecified atom stereocenters. The normalized spacial score (nSPS) is 15.3. The minimum Gasteiger partial charge on any atom is -0.330 e. The van der Waals surface area contributed by atoms with E-state index in [0.717, 1.165) is 13.0 Å². The van der Waals surface area contributed by atoms with Crippen molar-refractivity contribution in [2.24, 2.45) is 17.1 Å². The summed E-state index contributed by atoms with van der Waals surface area (Å²) in [6, 6.07) is 8.59. The van der Waals surface area contributed by atoms with E-state index in [2.05, 4.69) is 52.0 Å². The van der Waals surface area contributed by atoms with Gasteiger partial charge in [0.25, 0.3) is 0 Å². The standard InChI is InChI=1S/C14H23N/c1-11(2)14(4,10-15)9-13-8-6-5-7-12(13)3/h5-8,11H,9-10,15H2,1-4H3. The summed E-state index contributed by atoms with van der Waals surface area (Å²) in [4.78, 5) is 0. The number of hydrogen-bond donors (Lipinski definition) is 1. The summed E-state index contributed by atoms with van der Waals surface area (Å²) in [5.74, 6) is 0.613. The Balaban J connectivity index is 2.89. The smallest absolute Gasteiger partial charge is 0.00175 e. The molecule has 15 heavy (non-hydrogen) atoms. The van der Waals surface area contributed by atoms with Crippen LogP contribution in [0, 0.1) is 18.3 Å². The molecule has 0 saturated heterocycles. The van der Waals surface area contributed by atoms with Gasteiger partial charge in [-0.25, -0.2) is 0 Å². The summed E-state index contributed by atoms with van der Waals surface area (Å²) in [6.07, 6.45) is 1.08. The van der Waals surface area contributed by atoms with E-state index in [4.69, 9.17) is 5.73 Å². The van der Waals surface area contributed by atoms with Gasteiger partial charge in [-0.2, -0.15) is 0 Å². The molecule has 1 aromatic rings. The molecule has 2 N–H and O–H groups in total. The summed E-state index contributed by atoms with van der Waals surface area (Å²) in [7, 11) is 0. The highest BCUT2D eigenvalue weighted by Gasteiger charge is 2.27. The fraction of sp³-hybridized carbons (Fsp3) is 0.571. The van der Waals surface area contributed by atoms with Crippen LogP contribution in [0.2, 0.25) is 0 Å². The minimum atomic E-state index is 0.214. The molecule has 1 aromatic carbocycles. The molecule has 1 atom stereocenters. The van der Waals surface area contributed by atoms with Gasteiger partial charge in [0.2, 0.25) is 0 Å². The molecule has 0 bridgehead atoms. The lowest BCUT2D eigenvalue weighted by molar-refractivity contribution is 0.227. The Bertz CT molecular complexity index is 317. The highest BCUT2D eigenvalue weighted by Crippen LogP contribution is 2.30. The van der Waals surface area contributed by atoms with E-state index >= 15 is 0 Å². The molecule has 0 radical (unpaired) electrons. The van der Waals surface area contributed by atoms with Crippen molar-refractivity contribution in [1.29, 1.82) is 0 Å². The van der Waals surface area contributed by atoms with Gasteiger partial charge < -0.3 is 5.73 Å². The van der Waals surface area contributed by atoms with Crippen molar-refractivity contribution in [2.45, 2.75) is 34.1 Å². The van der Waals surface area contributed by atoms with Crippen molar-refractivity contribution in [3.8, 4) is 0 Å². The topological polar surface area (TPSA) is 26.0 Å². The summed E-state index contributed by atoms with van der Waals surface area (Å²) in [5.41, 5.74) is 8.92. The minimum absolute atomic E-state index is 0.214. The maximum absolute atomic E-state index is 5.91. The SMILES string of the molecule is Cc1ccccc1CC(C)(CN)C(C)C. The first kappa shape index (κ1) is 12.3. The number of nitrogens with two attached hydrogens (primary N) is 1. The lowest BCUT2D eigenvalue weighted by atomic mass is 9.74. The fourth-order valence-electron chi connectivity index (χ4n) is 1.76. The van der Waals surface area contributed by atoms with Crippen molar-refractivity contribution in [3.05, 3.63) is 35.4 Å². The van der Waals surface area contributed by atoms with Crippen molar-refractivity contribution in [3.63, 3.8) is 0 Å². The molecule has 0 aromatic heterocycles. The third-order valence-electron chi connectivity index (χ3n) is 3.72. The molecule has 0 amide bonds. The van der Waals surface area contributed by atoms with E-state index < -0.39 is 0 Å². The van der Waals surface area contributed by atoms with Gasteiger partial charge in [0.15, 0.2) is 0 Å². The molecule has 1 nitrogen and oxygen atoms in total. The zero-order valence-corrected chi connectivity index (χ0v) is 10.4. The largest absolute Gasteiger partial charge is 0.330 e. The zero-order valence-electron chi connectivity index (χ0n) is 10.4. The molecular weight excluding hydrogens is 182 g/mol. The summed E-state index contributed by atoms with van der Waals surface area (Å²) in [6.45, 7) is 9.71.